The van der Waals surface area contributed by atoms with Gasteiger partial charge in [-0.2, -0.15) is 0 Å². The van der Waals surface area contributed by atoms with Crippen LogP contribution in [0, 0.1) is 0 Å². The second-order valence-electron chi connectivity index (χ2n) is 6.55. The number of pyridine rings is 1. The minimum atomic E-state index is -0.0939. The molecule has 0 bridgehead atoms. The maximum atomic E-state index is 6.23. The zero-order valence-corrected chi connectivity index (χ0v) is 14.5. The maximum absolute atomic E-state index is 6.23. The van der Waals surface area contributed by atoms with E-state index in [0.29, 0.717) is 5.88 Å². The molecule has 0 amide bonds. The molecule has 2 aliphatic rings. The van der Waals surface area contributed by atoms with Crippen LogP contribution >= 0.6 is 0 Å². The van der Waals surface area contributed by atoms with Crippen LogP contribution in [0.3, 0.4) is 0 Å². The van der Waals surface area contributed by atoms with Crippen LogP contribution in [-0.2, 0) is 4.74 Å². The number of methoxy groups -OCH3 is 1. The highest BCUT2D eigenvalue weighted by molar-refractivity contribution is 5.43. The fourth-order valence-electron chi connectivity index (χ4n) is 3.64. The molecule has 0 aliphatic carbocycles. The van der Waals surface area contributed by atoms with Gasteiger partial charge < -0.3 is 19.3 Å². The van der Waals surface area contributed by atoms with Crippen LogP contribution in [0.4, 0.5) is 11.6 Å². The Kier molecular flexibility index (Phi) is 4.40. The Morgan fingerprint density at radius 2 is 1.92 bits per heavy atom. The average molecular weight is 341 g/mol. The molecule has 0 N–H and O–H groups in total. The standard InChI is InChI=1S/C18H23N5O2/c1-24-17-12-16(20-14-21-17)22-8-5-18(6-9-22)13-23(10-11-25-18)15-4-2-3-7-19-15/h2-4,7,12,14H,5-6,8-11,13H2,1H3. The third-order valence-electron chi connectivity index (χ3n) is 5.06. The van der Waals surface area contributed by atoms with Crippen LogP contribution < -0.4 is 14.5 Å². The van der Waals surface area contributed by atoms with Crippen LogP contribution in [0.25, 0.3) is 0 Å². The Bertz CT molecular complexity index is 704. The van der Waals surface area contributed by atoms with E-state index in [4.69, 9.17) is 9.47 Å². The van der Waals surface area contributed by atoms with Crippen molar-refractivity contribution in [1.29, 1.82) is 0 Å². The van der Waals surface area contributed by atoms with Gasteiger partial charge in [0.15, 0.2) is 0 Å². The minimum absolute atomic E-state index is 0.0939. The fourth-order valence-corrected chi connectivity index (χ4v) is 3.64. The molecule has 0 aromatic carbocycles. The van der Waals surface area contributed by atoms with Gasteiger partial charge in [0.1, 0.15) is 18.0 Å². The molecule has 0 atom stereocenters. The van der Waals surface area contributed by atoms with E-state index in [2.05, 4.69) is 30.8 Å². The summed E-state index contributed by atoms with van der Waals surface area (Å²) in [6.07, 6.45) is 5.35. The molecule has 0 saturated carbocycles. The smallest absolute Gasteiger partial charge is 0.218 e. The van der Waals surface area contributed by atoms with Gasteiger partial charge in [0.2, 0.25) is 5.88 Å². The number of rotatable bonds is 3. The average Bonchev–Trinajstić information content (AvgIpc) is 2.69. The predicted octanol–water partition coefficient (Wildman–Crippen LogP) is 1.76. The Hall–Kier alpha value is -2.41. The number of piperidine rings is 1. The molecule has 2 fully saturated rings. The van der Waals surface area contributed by atoms with Crippen molar-refractivity contribution < 1.29 is 9.47 Å². The van der Waals surface area contributed by atoms with Crippen LogP contribution in [0.5, 0.6) is 5.88 Å². The quantitative estimate of drug-likeness (QED) is 0.843. The number of morpholine rings is 1. The normalized spacial score (nSPS) is 19.9. The summed E-state index contributed by atoms with van der Waals surface area (Å²) in [5, 5.41) is 0. The van der Waals surface area contributed by atoms with E-state index in [1.54, 1.807) is 13.4 Å². The molecule has 2 aromatic heterocycles. The Labute approximate surface area is 147 Å². The van der Waals surface area contributed by atoms with E-state index in [-0.39, 0.29) is 5.60 Å². The lowest BCUT2D eigenvalue weighted by Gasteiger charge is -2.47. The van der Waals surface area contributed by atoms with Gasteiger partial charge in [-0.25, -0.2) is 15.0 Å². The first-order valence-corrected chi connectivity index (χ1v) is 8.69. The maximum Gasteiger partial charge on any atom is 0.218 e. The summed E-state index contributed by atoms with van der Waals surface area (Å²) in [4.78, 5) is 17.6. The van der Waals surface area contributed by atoms with Gasteiger partial charge in [-0.05, 0) is 25.0 Å². The molecule has 4 heterocycles. The second-order valence-corrected chi connectivity index (χ2v) is 6.55. The Morgan fingerprint density at radius 1 is 1.04 bits per heavy atom. The van der Waals surface area contributed by atoms with Crippen LogP contribution in [0.15, 0.2) is 36.8 Å². The van der Waals surface area contributed by atoms with Crippen molar-refractivity contribution in [2.45, 2.75) is 18.4 Å². The minimum Gasteiger partial charge on any atom is -0.481 e. The number of nitrogens with zero attached hydrogens (tertiary/aromatic N) is 5. The molecule has 7 heteroatoms. The molecular formula is C18H23N5O2. The molecule has 2 aromatic rings. The summed E-state index contributed by atoms with van der Waals surface area (Å²) in [5.41, 5.74) is -0.0939. The zero-order valence-electron chi connectivity index (χ0n) is 14.5. The third kappa shape index (κ3) is 3.37. The highest BCUT2D eigenvalue weighted by Crippen LogP contribution is 2.33. The van der Waals surface area contributed by atoms with Crippen molar-refractivity contribution in [3.8, 4) is 5.88 Å². The van der Waals surface area contributed by atoms with E-state index < -0.39 is 0 Å². The number of aromatic nitrogens is 3. The highest BCUT2D eigenvalue weighted by Gasteiger charge is 2.40. The van der Waals surface area contributed by atoms with Crippen molar-refractivity contribution in [3.05, 3.63) is 36.8 Å². The fraction of sp³-hybridized carbons (Fsp3) is 0.500. The SMILES string of the molecule is COc1cc(N2CCC3(CC2)CN(c2ccccn2)CCO3)ncn1. The zero-order chi connectivity index (χ0) is 17.1. The van der Waals surface area contributed by atoms with Crippen molar-refractivity contribution >= 4 is 11.6 Å². The summed E-state index contributed by atoms with van der Waals surface area (Å²) < 4.78 is 11.4. The van der Waals surface area contributed by atoms with Crippen molar-refractivity contribution in [1.82, 2.24) is 15.0 Å². The molecule has 132 valence electrons. The molecule has 25 heavy (non-hydrogen) atoms. The first-order valence-electron chi connectivity index (χ1n) is 8.69. The predicted molar refractivity (Wildman–Crippen MR) is 95.2 cm³/mol. The van der Waals surface area contributed by atoms with Crippen molar-refractivity contribution in [2.24, 2.45) is 0 Å². The van der Waals surface area contributed by atoms with Gasteiger partial charge in [0, 0.05) is 38.4 Å². The second kappa shape index (κ2) is 6.84. The Morgan fingerprint density at radius 3 is 2.68 bits per heavy atom. The molecule has 2 aliphatic heterocycles. The van der Waals surface area contributed by atoms with E-state index >= 15 is 0 Å². The summed E-state index contributed by atoms with van der Waals surface area (Å²) in [5.74, 6) is 2.55. The van der Waals surface area contributed by atoms with Crippen molar-refractivity contribution in [2.75, 3.05) is 49.7 Å². The van der Waals surface area contributed by atoms with Crippen LogP contribution in [0.2, 0.25) is 0 Å². The molecule has 1 spiro atoms. The molecular weight excluding hydrogens is 318 g/mol. The van der Waals surface area contributed by atoms with E-state index in [0.717, 1.165) is 57.3 Å². The lowest BCUT2D eigenvalue weighted by Crippen LogP contribution is -2.57. The summed E-state index contributed by atoms with van der Waals surface area (Å²) in [6.45, 7) is 4.36. The summed E-state index contributed by atoms with van der Waals surface area (Å²) >= 11 is 0. The molecule has 4 rings (SSSR count). The van der Waals surface area contributed by atoms with Gasteiger partial charge >= 0.3 is 0 Å². The van der Waals surface area contributed by atoms with Crippen LogP contribution in [-0.4, -0.2) is 60.4 Å². The van der Waals surface area contributed by atoms with Gasteiger partial charge in [-0.3, -0.25) is 0 Å². The lowest BCUT2D eigenvalue weighted by atomic mass is 9.89. The first-order chi connectivity index (χ1) is 12.3. The molecule has 2 saturated heterocycles. The van der Waals surface area contributed by atoms with Gasteiger partial charge in [-0.15, -0.1) is 0 Å². The number of ether oxygens (including phenoxy) is 2. The largest absolute Gasteiger partial charge is 0.481 e. The topological polar surface area (TPSA) is 63.6 Å². The van der Waals surface area contributed by atoms with E-state index in [9.17, 15) is 0 Å². The number of hydrogen-bond donors (Lipinski definition) is 0. The van der Waals surface area contributed by atoms with Crippen LogP contribution in [0.1, 0.15) is 12.8 Å². The molecule has 7 nitrogen and oxygen atoms in total. The van der Waals surface area contributed by atoms with Gasteiger partial charge in [0.05, 0.1) is 19.3 Å². The summed E-state index contributed by atoms with van der Waals surface area (Å²) in [7, 11) is 1.62. The van der Waals surface area contributed by atoms with E-state index in [1.807, 2.05) is 24.4 Å². The Balaban J connectivity index is 1.43. The van der Waals surface area contributed by atoms with E-state index in [1.165, 1.54) is 0 Å². The molecule has 0 unspecified atom stereocenters. The highest BCUT2D eigenvalue weighted by atomic mass is 16.5. The first kappa shape index (κ1) is 16.1. The summed E-state index contributed by atoms with van der Waals surface area (Å²) in [6, 6.07) is 7.95. The van der Waals surface area contributed by atoms with Gasteiger partial charge in [-0.1, -0.05) is 6.07 Å². The number of anilines is 2. The lowest BCUT2D eigenvalue weighted by molar-refractivity contribution is -0.0706. The third-order valence-corrected chi connectivity index (χ3v) is 5.06. The molecule has 0 radical (unpaired) electrons. The monoisotopic (exact) mass is 341 g/mol. The van der Waals surface area contributed by atoms with Gasteiger partial charge in [0.25, 0.3) is 0 Å². The van der Waals surface area contributed by atoms with Crippen molar-refractivity contribution in [3.63, 3.8) is 0 Å². The number of hydrogen-bond acceptors (Lipinski definition) is 7.